The van der Waals surface area contributed by atoms with Gasteiger partial charge in [-0.2, -0.15) is 0 Å². The van der Waals surface area contributed by atoms with Gasteiger partial charge in [-0.1, -0.05) is 71.0 Å². The fourth-order valence-corrected chi connectivity index (χ4v) is 5.28. The lowest BCUT2D eigenvalue weighted by Gasteiger charge is -2.24. The molecule has 0 bridgehead atoms. The van der Waals surface area contributed by atoms with Crippen LogP contribution in [0, 0.1) is 5.41 Å². The summed E-state index contributed by atoms with van der Waals surface area (Å²) in [6.07, 6.45) is 0.242. The van der Waals surface area contributed by atoms with Gasteiger partial charge in [0.1, 0.15) is 0 Å². The zero-order chi connectivity index (χ0) is 25.0. The lowest BCUT2D eigenvalue weighted by atomic mass is 9.81. The Morgan fingerprint density at radius 1 is 0.848 bits per heavy atom. The average Bonchev–Trinajstić information content (AvgIpc) is 3.21. The maximum absolute atomic E-state index is 8.68. The molecule has 0 amide bonds. The quantitative estimate of drug-likeness (QED) is 0.273. The molecule has 3 heteroatoms. The van der Waals surface area contributed by atoms with Crippen molar-refractivity contribution in [3.05, 3.63) is 95.8 Å². The molecule has 5 rings (SSSR count). The van der Waals surface area contributed by atoms with Crippen molar-refractivity contribution in [1.29, 1.82) is 0 Å². The van der Waals surface area contributed by atoms with Crippen molar-refractivity contribution in [3.63, 3.8) is 0 Å². The Kier molecular flexibility index (Phi) is 4.75. The van der Waals surface area contributed by atoms with Gasteiger partial charge in [-0.3, -0.25) is 9.97 Å². The fourth-order valence-electron chi connectivity index (χ4n) is 4.25. The number of rotatable bonds is 4. The van der Waals surface area contributed by atoms with Gasteiger partial charge in [0.2, 0.25) is 0 Å². The molecule has 0 aliphatic rings. The Balaban J connectivity index is 1.62. The van der Waals surface area contributed by atoms with Crippen LogP contribution in [0.4, 0.5) is 0 Å². The number of hydrogen-bond donors (Lipinski definition) is 0. The number of fused-ring (bicyclic) bond motifs is 3. The van der Waals surface area contributed by atoms with Gasteiger partial charge in [0, 0.05) is 30.0 Å². The maximum atomic E-state index is 8.68. The molecule has 3 heterocycles. The highest BCUT2D eigenvalue weighted by molar-refractivity contribution is 7.25. The van der Waals surface area contributed by atoms with Gasteiger partial charge in [-0.05, 0) is 59.3 Å². The van der Waals surface area contributed by atoms with Crippen molar-refractivity contribution in [2.45, 2.75) is 46.4 Å². The molecule has 0 unspecified atom stereocenters. The van der Waals surface area contributed by atoms with E-state index in [2.05, 4.69) is 73.4 Å². The topological polar surface area (TPSA) is 25.8 Å². The second-order valence-corrected chi connectivity index (χ2v) is 11.2. The molecule has 5 aromatic rings. The van der Waals surface area contributed by atoms with E-state index in [1.807, 2.05) is 32.9 Å². The zero-order valence-electron chi connectivity index (χ0n) is 21.8. The fraction of sp³-hybridized carbons (Fsp3) is 0.267. The summed E-state index contributed by atoms with van der Waals surface area (Å²) >= 11 is 1.75. The summed E-state index contributed by atoms with van der Waals surface area (Å²) in [4.78, 5) is 9.75. The van der Waals surface area contributed by atoms with Crippen molar-refractivity contribution >= 4 is 31.6 Å². The molecule has 0 saturated carbocycles. The van der Waals surface area contributed by atoms with Gasteiger partial charge < -0.3 is 0 Å². The SMILES string of the molecule is [2H]C([2H])(c1ccnc(-c2ccc3sc4ccc(C(C)(C)c5ccccc5)nc4c3c2)c1)C(C)(C)C. The van der Waals surface area contributed by atoms with E-state index in [0.29, 0.717) is 5.56 Å². The smallest absolute Gasteiger partial charge is 0.0892 e. The lowest BCUT2D eigenvalue weighted by molar-refractivity contribution is 0.411. The summed E-state index contributed by atoms with van der Waals surface area (Å²) < 4.78 is 19.7. The predicted octanol–water partition coefficient (Wildman–Crippen LogP) is 8.43. The molecule has 0 aliphatic carbocycles. The van der Waals surface area contributed by atoms with E-state index < -0.39 is 11.8 Å². The normalized spacial score (nSPS) is 13.8. The first kappa shape index (κ1) is 19.4. The third-order valence-electron chi connectivity index (χ3n) is 6.02. The minimum atomic E-state index is -1.47. The third-order valence-corrected chi connectivity index (χ3v) is 7.15. The summed E-state index contributed by atoms with van der Waals surface area (Å²) in [5.41, 5.74) is 4.95. The van der Waals surface area contributed by atoms with E-state index in [-0.39, 0.29) is 5.41 Å². The predicted molar refractivity (Wildman–Crippen MR) is 142 cm³/mol. The zero-order valence-corrected chi connectivity index (χ0v) is 20.6. The highest BCUT2D eigenvalue weighted by Gasteiger charge is 2.25. The Hall–Kier alpha value is -3.04. The second-order valence-electron chi connectivity index (χ2n) is 10.2. The van der Waals surface area contributed by atoms with Gasteiger partial charge in [0.05, 0.1) is 21.6 Å². The Bertz CT molecular complexity index is 1530. The minimum absolute atomic E-state index is 0.213. The van der Waals surface area contributed by atoms with Gasteiger partial charge in [0.25, 0.3) is 0 Å². The van der Waals surface area contributed by atoms with Crippen LogP contribution >= 0.6 is 11.3 Å². The molecule has 0 spiro atoms. The van der Waals surface area contributed by atoms with E-state index in [1.54, 1.807) is 23.6 Å². The summed E-state index contributed by atoms with van der Waals surface area (Å²) in [7, 11) is 0. The molecule has 2 aromatic carbocycles. The molecule has 0 N–H and O–H groups in total. The second kappa shape index (κ2) is 8.07. The number of benzene rings is 2. The molecule has 0 saturated heterocycles. The molecule has 0 radical (unpaired) electrons. The van der Waals surface area contributed by atoms with Crippen LogP contribution in [0.1, 0.15) is 54.2 Å². The van der Waals surface area contributed by atoms with Crippen LogP contribution in [0.2, 0.25) is 0 Å². The van der Waals surface area contributed by atoms with E-state index in [0.717, 1.165) is 32.6 Å². The standard InChI is InChI=1S/C30H30N2S/c1-29(2,3)19-20-15-16-31-24(17-20)21-11-12-25-23(18-21)28-26(33-25)13-14-27(32-28)30(4,5)22-9-7-6-8-10-22/h6-18H,19H2,1-5H3/i19D2. The number of nitrogens with zero attached hydrogens (tertiary/aromatic N) is 2. The van der Waals surface area contributed by atoms with Gasteiger partial charge in [-0.25, -0.2) is 0 Å². The first-order valence-electron chi connectivity index (χ1n) is 12.3. The Morgan fingerprint density at radius 2 is 1.61 bits per heavy atom. The highest BCUT2D eigenvalue weighted by Crippen LogP contribution is 2.38. The number of aromatic nitrogens is 2. The van der Waals surface area contributed by atoms with Crippen molar-refractivity contribution in [2.24, 2.45) is 5.41 Å². The largest absolute Gasteiger partial charge is 0.256 e. The van der Waals surface area contributed by atoms with E-state index in [4.69, 9.17) is 7.73 Å². The Labute approximate surface area is 203 Å². The van der Waals surface area contributed by atoms with Crippen LogP contribution in [-0.4, -0.2) is 9.97 Å². The molecule has 2 nitrogen and oxygen atoms in total. The van der Waals surface area contributed by atoms with Crippen molar-refractivity contribution in [3.8, 4) is 11.3 Å². The molecule has 0 atom stereocenters. The number of thiophene rings is 1. The summed E-state index contributed by atoms with van der Waals surface area (Å²) in [5.74, 6) is 0. The van der Waals surface area contributed by atoms with Crippen LogP contribution in [0.15, 0.2) is 79.0 Å². The van der Waals surface area contributed by atoms with Crippen molar-refractivity contribution in [2.75, 3.05) is 0 Å². The highest BCUT2D eigenvalue weighted by atomic mass is 32.1. The molecule has 0 aliphatic heterocycles. The van der Waals surface area contributed by atoms with Gasteiger partial charge in [-0.15, -0.1) is 11.3 Å². The molecule has 0 fully saturated rings. The molecule has 166 valence electrons. The number of hydrogen-bond acceptors (Lipinski definition) is 3. The maximum Gasteiger partial charge on any atom is 0.0892 e. The van der Waals surface area contributed by atoms with Crippen LogP contribution in [0.25, 0.3) is 31.6 Å². The summed E-state index contributed by atoms with van der Waals surface area (Å²) in [6.45, 7) is 10.2. The van der Waals surface area contributed by atoms with Crippen molar-refractivity contribution < 1.29 is 2.74 Å². The molecule has 33 heavy (non-hydrogen) atoms. The lowest BCUT2D eigenvalue weighted by Crippen LogP contribution is -2.20. The monoisotopic (exact) mass is 452 g/mol. The van der Waals surface area contributed by atoms with Crippen LogP contribution in [0.5, 0.6) is 0 Å². The van der Waals surface area contributed by atoms with Crippen LogP contribution < -0.4 is 0 Å². The molecular weight excluding hydrogens is 420 g/mol. The molecular formula is C30H30N2S. The first-order valence-corrected chi connectivity index (χ1v) is 12.2. The van der Waals surface area contributed by atoms with Crippen LogP contribution in [0.3, 0.4) is 0 Å². The van der Waals surface area contributed by atoms with E-state index >= 15 is 0 Å². The van der Waals surface area contributed by atoms with Gasteiger partial charge >= 0.3 is 0 Å². The first-order chi connectivity index (χ1) is 16.5. The van der Waals surface area contributed by atoms with Crippen LogP contribution in [-0.2, 0) is 11.8 Å². The summed E-state index contributed by atoms with van der Waals surface area (Å²) in [6, 6.07) is 24.9. The Morgan fingerprint density at radius 3 is 2.36 bits per heavy atom. The minimum Gasteiger partial charge on any atom is -0.256 e. The van der Waals surface area contributed by atoms with E-state index in [1.165, 1.54) is 10.3 Å². The summed E-state index contributed by atoms with van der Waals surface area (Å²) in [5, 5.41) is 1.11. The van der Waals surface area contributed by atoms with Gasteiger partial charge in [0.15, 0.2) is 0 Å². The third kappa shape index (κ3) is 4.30. The van der Waals surface area contributed by atoms with Crippen molar-refractivity contribution in [1.82, 2.24) is 9.97 Å². The average molecular weight is 453 g/mol. The molecule has 3 aromatic heterocycles. The van der Waals surface area contributed by atoms with E-state index in [9.17, 15) is 0 Å². The number of pyridine rings is 2.